The topological polar surface area (TPSA) is 83.8 Å². The highest BCUT2D eigenvalue weighted by atomic mass is 16.5. The number of hydrogen-bond donors (Lipinski definition) is 2. The second-order valence-corrected chi connectivity index (χ2v) is 8.53. The number of aliphatic hydroxyl groups is 2. The lowest BCUT2D eigenvalue weighted by molar-refractivity contribution is -0.143. The Labute approximate surface area is 192 Å². The smallest absolute Gasteiger partial charge is 0.305 e. The highest BCUT2D eigenvalue weighted by molar-refractivity contribution is 5.80. The molecule has 0 radical (unpaired) electrons. The summed E-state index contributed by atoms with van der Waals surface area (Å²) in [5, 5.41) is 20.7. The van der Waals surface area contributed by atoms with Crippen LogP contribution in [0.4, 0.5) is 0 Å². The molecule has 3 atom stereocenters. The fourth-order valence-corrected chi connectivity index (χ4v) is 3.97. The molecule has 0 spiro atoms. The van der Waals surface area contributed by atoms with Crippen LogP contribution in [-0.2, 0) is 20.7 Å². The molecule has 1 aromatic rings. The molecule has 0 bridgehead atoms. The molecule has 1 unspecified atom stereocenters. The van der Waals surface area contributed by atoms with E-state index in [0.717, 1.165) is 36.8 Å². The maximum atomic E-state index is 12.3. The Balaban J connectivity index is 1.74. The van der Waals surface area contributed by atoms with Crippen molar-refractivity contribution in [2.24, 2.45) is 5.92 Å². The highest BCUT2D eigenvalue weighted by Crippen LogP contribution is 2.35. The van der Waals surface area contributed by atoms with Gasteiger partial charge in [-0.2, -0.15) is 0 Å². The summed E-state index contributed by atoms with van der Waals surface area (Å²) in [7, 11) is 0. The van der Waals surface area contributed by atoms with Gasteiger partial charge in [-0.1, -0.05) is 61.9 Å². The molecule has 5 nitrogen and oxygen atoms in total. The molecule has 0 amide bonds. The molecular weight excluding hydrogens is 404 g/mol. The van der Waals surface area contributed by atoms with Crippen molar-refractivity contribution in [3.05, 3.63) is 59.7 Å². The number of hydrogen-bond acceptors (Lipinski definition) is 5. The van der Waals surface area contributed by atoms with E-state index < -0.39 is 12.2 Å². The molecular formula is C27H38O5. The van der Waals surface area contributed by atoms with Crippen molar-refractivity contribution in [2.45, 2.75) is 83.3 Å². The van der Waals surface area contributed by atoms with Gasteiger partial charge >= 0.3 is 5.97 Å². The van der Waals surface area contributed by atoms with Crippen LogP contribution in [0.25, 0.3) is 0 Å². The molecule has 176 valence electrons. The first-order valence-electron chi connectivity index (χ1n) is 11.9. The molecule has 0 aromatic heterocycles. The molecule has 2 N–H and O–H groups in total. The van der Waals surface area contributed by atoms with Gasteiger partial charge in [0.1, 0.15) is 5.78 Å². The van der Waals surface area contributed by atoms with Crippen LogP contribution in [-0.4, -0.2) is 40.8 Å². The summed E-state index contributed by atoms with van der Waals surface area (Å²) in [5.74, 6) is -0.180. The summed E-state index contributed by atoms with van der Waals surface area (Å²) in [5.41, 5.74) is 1.91. The third kappa shape index (κ3) is 9.49. The number of unbranched alkanes of at least 4 members (excludes halogenated alkanes) is 2. The fourth-order valence-electron chi connectivity index (χ4n) is 3.97. The second-order valence-electron chi connectivity index (χ2n) is 8.53. The first kappa shape index (κ1) is 26.0. The van der Waals surface area contributed by atoms with Gasteiger partial charge < -0.3 is 14.9 Å². The molecule has 32 heavy (non-hydrogen) atoms. The van der Waals surface area contributed by atoms with Gasteiger partial charge in [0.25, 0.3) is 0 Å². The average Bonchev–Trinajstić information content (AvgIpc) is 3.06. The third-order valence-electron chi connectivity index (χ3n) is 5.91. The first-order valence-corrected chi connectivity index (χ1v) is 11.9. The van der Waals surface area contributed by atoms with Crippen LogP contribution in [0.2, 0.25) is 0 Å². The lowest BCUT2D eigenvalue weighted by Gasteiger charge is -2.14. The van der Waals surface area contributed by atoms with Gasteiger partial charge in [-0.15, -0.1) is 0 Å². The van der Waals surface area contributed by atoms with Gasteiger partial charge in [0, 0.05) is 31.6 Å². The minimum atomic E-state index is -0.691. The van der Waals surface area contributed by atoms with Crippen LogP contribution >= 0.6 is 0 Å². The van der Waals surface area contributed by atoms with E-state index in [1.54, 1.807) is 0 Å². The summed E-state index contributed by atoms with van der Waals surface area (Å²) in [6, 6.07) is 9.92. The lowest BCUT2D eigenvalue weighted by atomic mass is 9.94. The van der Waals surface area contributed by atoms with Crippen molar-refractivity contribution in [1.29, 1.82) is 0 Å². The highest BCUT2D eigenvalue weighted by Gasteiger charge is 2.35. The van der Waals surface area contributed by atoms with E-state index in [0.29, 0.717) is 38.7 Å². The zero-order chi connectivity index (χ0) is 23.2. The zero-order valence-electron chi connectivity index (χ0n) is 19.2. The summed E-state index contributed by atoms with van der Waals surface area (Å²) < 4.78 is 5.14. The van der Waals surface area contributed by atoms with Gasteiger partial charge in [-0.05, 0) is 43.2 Å². The van der Waals surface area contributed by atoms with E-state index in [-0.39, 0.29) is 24.1 Å². The molecule has 1 aromatic carbocycles. The van der Waals surface area contributed by atoms with Crippen LogP contribution in [0.15, 0.2) is 54.1 Å². The molecule has 1 aliphatic carbocycles. The van der Waals surface area contributed by atoms with Crippen LogP contribution in [0.3, 0.4) is 0 Å². The van der Waals surface area contributed by atoms with Crippen LogP contribution < -0.4 is 0 Å². The van der Waals surface area contributed by atoms with E-state index in [1.165, 1.54) is 0 Å². The van der Waals surface area contributed by atoms with Crippen molar-refractivity contribution < 1.29 is 24.5 Å². The molecule has 0 saturated heterocycles. The van der Waals surface area contributed by atoms with Gasteiger partial charge in [-0.25, -0.2) is 0 Å². The van der Waals surface area contributed by atoms with E-state index in [9.17, 15) is 19.8 Å². The summed E-state index contributed by atoms with van der Waals surface area (Å²) in [6.45, 7) is 2.56. The SMILES string of the molecule is CCCCOC(=O)CCCC=CCC1C(=CCC(=O)CCc2ccccc2)[C@H](O)C[C@@H]1O. The molecule has 1 saturated carbocycles. The molecule has 2 rings (SSSR count). The second kappa shape index (κ2) is 14.8. The fraction of sp³-hybridized carbons (Fsp3) is 0.556. The van der Waals surface area contributed by atoms with E-state index in [4.69, 9.17) is 4.74 Å². The minimum absolute atomic E-state index is 0.134. The van der Waals surface area contributed by atoms with Gasteiger partial charge in [0.15, 0.2) is 0 Å². The monoisotopic (exact) mass is 442 g/mol. The predicted molar refractivity (Wildman–Crippen MR) is 126 cm³/mol. The number of ether oxygens (including phenoxy) is 1. The maximum absolute atomic E-state index is 12.3. The van der Waals surface area contributed by atoms with Crippen molar-refractivity contribution in [3.8, 4) is 0 Å². The van der Waals surface area contributed by atoms with Crippen LogP contribution in [0.5, 0.6) is 0 Å². The first-order chi connectivity index (χ1) is 15.5. The molecule has 0 aliphatic heterocycles. The summed E-state index contributed by atoms with van der Waals surface area (Å²) in [6.07, 6.45) is 10.8. The number of aliphatic hydroxyl groups excluding tert-OH is 2. The largest absolute Gasteiger partial charge is 0.466 e. The van der Waals surface area contributed by atoms with E-state index in [1.807, 2.05) is 48.6 Å². The normalized spacial score (nSPS) is 22.0. The number of rotatable bonds is 14. The molecule has 1 fully saturated rings. The minimum Gasteiger partial charge on any atom is -0.466 e. The molecule has 5 heteroatoms. The Morgan fingerprint density at radius 2 is 1.88 bits per heavy atom. The number of Topliss-reactive ketones (excluding diaryl/α,β-unsaturated/α-hetero) is 1. The Morgan fingerprint density at radius 3 is 2.62 bits per heavy atom. The Hall–Kier alpha value is -2.24. The number of esters is 1. The standard InChI is InChI=1S/C27H38O5/c1-2-3-19-32-27(31)14-10-5-4-9-13-23-24(26(30)20-25(23)29)18-17-22(28)16-15-21-11-7-6-8-12-21/h4,6-9,11-12,18,23,25-26,29-30H,2-3,5,10,13-17,19-20H2,1H3/t23?,25-,26+/m0/s1. The number of benzene rings is 1. The number of carbonyl (C=O) groups excluding carboxylic acids is 2. The van der Waals surface area contributed by atoms with Gasteiger partial charge in [0.05, 0.1) is 18.8 Å². The number of carbonyl (C=O) groups is 2. The zero-order valence-corrected chi connectivity index (χ0v) is 19.2. The summed E-state index contributed by atoms with van der Waals surface area (Å²) in [4.78, 5) is 23.9. The number of aryl methyl sites for hydroxylation is 1. The van der Waals surface area contributed by atoms with E-state index >= 15 is 0 Å². The van der Waals surface area contributed by atoms with Crippen molar-refractivity contribution >= 4 is 11.8 Å². The van der Waals surface area contributed by atoms with Gasteiger partial charge in [0.2, 0.25) is 0 Å². The van der Waals surface area contributed by atoms with E-state index in [2.05, 4.69) is 6.92 Å². The van der Waals surface area contributed by atoms with Crippen molar-refractivity contribution in [1.82, 2.24) is 0 Å². The quantitative estimate of drug-likeness (QED) is 0.248. The Morgan fingerprint density at radius 1 is 1.09 bits per heavy atom. The molecule has 1 aliphatic rings. The molecule has 0 heterocycles. The Kier molecular flexibility index (Phi) is 12.0. The third-order valence-corrected chi connectivity index (χ3v) is 5.91. The average molecular weight is 443 g/mol. The van der Waals surface area contributed by atoms with Crippen molar-refractivity contribution in [2.75, 3.05) is 6.61 Å². The number of allylic oxidation sites excluding steroid dienone is 3. The predicted octanol–water partition coefficient (Wildman–Crippen LogP) is 4.71. The number of ketones is 1. The van der Waals surface area contributed by atoms with Crippen molar-refractivity contribution in [3.63, 3.8) is 0 Å². The summed E-state index contributed by atoms with van der Waals surface area (Å²) >= 11 is 0. The van der Waals surface area contributed by atoms with Gasteiger partial charge in [-0.3, -0.25) is 9.59 Å². The van der Waals surface area contributed by atoms with Crippen LogP contribution in [0, 0.1) is 5.92 Å². The lowest BCUT2D eigenvalue weighted by Crippen LogP contribution is -2.13. The Bertz CT molecular complexity index is 753. The van der Waals surface area contributed by atoms with Crippen LogP contribution in [0.1, 0.15) is 70.3 Å². The maximum Gasteiger partial charge on any atom is 0.305 e.